The second-order valence-electron chi connectivity index (χ2n) is 5.35. The van der Waals surface area contributed by atoms with Gasteiger partial charge in [0.05, 0.1) is 0 Å². The Morgan fingerprint density at radius 2 is 1.35 bits per heavy atom. The van der Waals surface area contributed by atoms with Crippen LogP contribution in [0, 0.1) is 19.8 Å². The fraction of sp³-hybridized carbons (Fsp3) is 0.700. The first-order chi connectivity index (χ1) is 9.54. The fourth-order valence-corrected chi connectivity index (χ4v) is 2.50. The van der Waals surface area contributed by atoms with Gasteiger partial charge in [-0.3, -0.25) is 0 Å². The first-order valence-electron chi connectivity index (χ1n) is 8.63. The van der Waals surface area contributed by atoms with Gasteiger partial charge in [0.25, 0.3) is 0 Å². The summed E-state index contributed by atoms with van der Waals surface area (Å²) in [5, 5.41) is 0. The van der Waals surface area contributed by atoms with Gasteiger partial charge in [0.2, 0.25) is 0 Å². The van der Waals surface area contributed by atoms with E-state index in [-0.39, 0.29) is 0 Å². The quantitative estimate of drug-likeness (QED) is 0.549. The van der Waals surface area contributed by atoms with Crippen LogP contribution in [-0.2, 0) is 12.8 Å². The molecule has 1 aromatic carbocycles. The van der Waals surface area contributed by atoms with E-state index >= 15 is 0 Å². The highest BCUT2D eigenvalue weighted by molar-refractivity contribution is 5.37. The van der Waals surface area contributed by atoms with Gasteiger partial charge in [-0.15, -0.1) is 0 Å². The Morgan fingerprint density at radius 3 is 1.70 bits per heavy atom. The van der Waals surface area contributed by atoms with Gasteiger partial charge in [-0.2, -0.15) is 0 Å². The lowest BCUT2D eigenvalue weighted by molar-refractivity contribution is 0.555. The Hall–Kier alpha value is -0.780. The van der Waals surface area contributed by atoms with E-state index in [9.17, 15) is 0 Å². The van der Waals surface area contributed by atoms with Crippen molar-refractivity contribution >= 4 is 0 Å². The van der Waals surface area contributed by atoms with Gasteiger partial charge in [0, 0.05) is 0 Å². The lowest BCUT2D eigenvalue weighted by Gasteiger charge is -2.11. The molecule has 0 amide bonds. The Kier molecular flexibility index (Phi) is 14.2. The van der Waals surface area contributed by atoms with Crippen molar-refractivity contribution in [2.75, 3.05) is 0 Å². The number of benzene rings is 1. The molecule has 0 bridgehead atoms. The molecule has 0 aliphatic heterocycles. The topological polar surface area (TPSA) is 0 Å². The van der Waals surface area contributed by atoms with Crippen LogP contribution in [-0.4, -0.2) is 0 Å². The maximum Gasteiger partial charge on any atom is -0.0279 e. The molecule has 0 fully saturated rings. The molecule has 0 saturated carbocycles. The van der Waals surface area contributed by atoms with E-state index in [4.69, 9.17) is 0 Å². The van der Waals surface area contributed by atoms with Crippen LogP contribution in [0.5, 0.6) is 0 Å². The summed E-state index contributed by atoms with van der Waals surface area (Å²) in [7, 11) is 0. The summed E-state index contributed by atoms with van der Waals surface area (Å²) < 4.78 is 0. The largest absolute Gasteiger partial charge is 0.0683 e. The molecule has 0 aliphatic carbocycles. The highest BCUT2D eigenvalue weighted by atomic mass is 14.1. The molecule has 0 heterocycles. The van der Waals surface area contributed by atoms with Crippen molar-refractivity contribution in [3.63, 3.8) is 0 Å². The molecule has 0 unspecified atom stereocenters. The molecule has 0 aliphatic rings. The lowest BCUT2D eigenvalue weighted by atomic mass is 9.94. The fourth-order valence-electron chi connectivity index (χ4n) is 2.50. The van der Waals surface area contributed by atoms with Crippen LogP contribution >= 0.6 is 0 Å². The molecule has 0 N–H and O–H groups in total. The van der Waals surface area contributed by atoms with Crippen molar-refractivity contribution in [1.29, 1.82) is 0 Å². The predicted octanol–water partition coefficient (Wildman–Crippen LogP) is 6.90. The van der Waals surface area contributed by atoms with Gasteiger partial charge < -0.3 is 0 Å². The molecular weight excluding hydrogens is 240 g/mol. The summed E-state index contributed by atoms with van der Waals surface area (Å²) in [5.41, 5.74) is 6.00. The number of aryl methyl sites for hydroxylation is 3. The molecule has 0 heteroatoms. The molecule has 20 heavy (non-hydrogen) atoms. The summed E-state index contributed by atoms with van der Waals surface area (Å²) in [6.07, 6.45) is 5.06. The average Bonchev–Trinajstić information content (AvgIpc) is 2.42. The van der Waals surface area contributed by atoms with Crippen LogP contribution < -0.4 is 0 Å². The first-order valence-corrected chi connectivity index (χ1v) is 8.63. The standard InChI is InChI=1S/C16H26.2C2H6/c1-6-16-13(4)10-15(11-14(16)5)9-7-8-12(2)3;2*1-2/h10-12H,6-9H2,1-5H3;2*1-2H3. The Balaban J connectivity index is 0. The van der Waals surface area contributed by atoms with E-state index < -0.39 is 0 Å². The van der Waals surface area contributed by atoms with Gasteiger partial charge >= 0.3 is 0 Å². The van der Waals surface area contributed by atoms with E-state index in [2.05, 4.69) is 46.8 Å². The summed E-state index contributed by atoms with van der Waals surface area (Å²) >= 11 is 0. The minimum absolute atomic E-state index is 0.831. The third kappa shape index (κ3) is 8.40. The van der Waals surface area contributed by atoms with Gasteiger partial charge in [-0.25, -0.2) is 0 Å². The molecule has 1 rings (SSSR count). The highest BCUT2D eigenvalue weighted by Gasteiger charge is 2.03. The smallest absolute Gasteiger partial charge is 0.0279 e. The molecule has 1 aromatic rings. The number of hydrogen-bond donors (Lipinski definition) is 0. The van der Waals surface area contributed by atoms with Crippen LogP contribution in [0.1, 0.15) is 83.6 Å². The zero-order chi connectivity index (χ0) is 16.1. The van der Waals surface area contributed by atoms with Crippen LogP contribution in [0.2, 0.25) is 0 Å². The summed E-state index contributed by atoms with van der Waals surface area (Å²) in [4.78, 5) is 0. The van der Waals surface area contributed by atoms with Crippen LogP contribution in [0.25, 0.3) is 0 Å². The second kappa shape index (κ2) is 13.2. The Bertz CT molecular complexity index is 311. The van der Waals surface area contributed by atoms with E-state index in [1.54, 1.807) is 0 Å². The second-order valence-corrected chi connectivity index (χ2v) is 5.35. The van der Waals surface area contributed by atoms with E-state index in [1.165, 1.54) is 41.5 Å². The van der Waals surface area contributed by atoms with Crippen molar-refractivity contribution in [2.45, 2.75) is 88.0 Å². The monoisotopic (exact) mass is 278 g/mol. The molecular formula is C20H38. The van der Waals surface area contributed by atoms with E-state index in [0.717, 1.165) is 12.3 Å². The molecule has 0 atom stereocenters. The first kappa shape index (κ1) is 21.5. The molecule has 118 valence electrons. The predicted molar refractivity (Wildman–Crippen MR) is 95.8 cm³/mol. The van der Waals surface area contributed by atoms with Crippen LogP contribution in [0.15, 0.2) is 12.1 Å². The normalized spacial score (nSPS) is 9.50. The minimum Gasteiger partial charge on any atom is -0.0683 e. The zero-order valence-corrected chi connectivity index (χ0v) is 15.6. The molecule has 0 spiro atoms. The summed E-state index contributed by atoms with van der Waals surface area (Å²) in [5.74, 6) is 0.831. The average molecular weight is 279 g/mol. The van der Waals surface area contributed by atoms with Crippen molar-refractivity contribution in [2.24, 2.45) is 5.92 Å². The summed E-state index contributed by atoms with van der Waals surface area (Å²) in [6.45, 7) is 19.3. The summed E-state index contributed by atoms with van der Waals surface area (Å²) in [6, 6.07) is 4.76. The van der Waals surface area contributed by atoms with Crippen LogP contribution in [0.3, 0.4) is 0 Å². The minimum atomic E-state index is 0.831. The number of rotatable bonds is 5. The van der Waals surface area contributed by atoms with Gasteiger partial charge in [-0.05, 0) is 61.3 Å². The Labute approximate surface area is 129 Å². The van der Waals surface area contributed by atoms with E-state index in [0.29, 0.717) is 0 Å². The van der Waals surface area contributed by atoms with Gasteiger partial charge in [0.15, 0.2) is 0 Å². The Morgan fingerprint density at radius 1 is 0.900 bits per heavy atom. The maximum absolute atomic E-state index is 2.38. The lowest BCUT2D eigenvalue weighted by Crippen LogP contribution is -1.96. The third-order valence-corrected chi connectivity index (χ3v) is 3.36. The van der Waals surface area contributed by atoms with Gasteiger partial charge in [0.1, 0.15) is 0 Å². The van der Waals surface area contributed by atoms with Crippen LogP contribution in [0.4, 0.5) is 0 Å². The van der Waals surface area contributed by atoms with Gasteiger partial charge in [-0.1, -0.05) is 67.0 Å². The number of hydrogen-bond acceptors (Lipinski definition) is 0. The molecule has 0 saturated heterocycles. The van der Waals surface area contributed by atoms with Crippen molar-refractivity contribution in [3.05, 3.63) is 34.4 Å². The SMILES string of the molecule is CC.CC.CCc1c(C)cc(CCCC(C)C)cc1C. The zero-order valence-electron chi connectivity index (χ0n) is 15.6. The molecule has 0 aromatic heterocycles. The maximum atomic E-state index is 2.38. The van der Waals surface area contributed by atoms with Crippen molar-refractivity contribution < 1.29 is 0 Å². The highest BCUT2D eigenvalue weighted by Crippen LogP contribution is 2.19. The molecule has 0 nitrogen and oxygen atoms in total. The van der Waals surface area contributed by atoms with Crippen molar-refractivity contribution in [3.8, 4) is 0 Å². The molecule has 0 radical (unpaired) electrons. The third-order valence-electron chi connectivity index (χ3n) is 3.36. The van der Waals surface area contributed by atoms with E-state index in [1.807, 2.05) is 27.7 Å². The van der Waals surface area contributed by atoms with Crippen molar-refractivity contribution in [1.82, 2.24) is 0 Å².